The molecule has 1 fully saturated rings. The summed E-state index contributed by atoms with van der Waals surface area (Å²) < 4.78 is 0. The van der Waals surface area contributed by atoms with E-state index in [1.807, 2.05) is 25.4 Å². The summed E-state index contributed by atoms with van der Waals surface area (Å²) in [6, 6.07) is 3.94. The van der Waals surface area contributed by atoms with Crippen molar-refractivity contribution in [1.82, 2.24) is 19.9 Å². The monoisotopic (exact) mass is 353 g/mol. The van der Waals surface area contributed by atoms with Crippen LogP contribution in [-0.4, -0.2) is 45.4 Å². The van der Waals surface area contributed by atoms with E-state index in [1.54, 1.807) is 17.5 Å². The highest BCUT2D eigenvalue weighted by Gasteiger charge is 2.15. The van der Waals surface area contributed by atoms with E-state index in [0.29, 0.717) is 12.4 Å². The average Bonchev–Trinajstić information content (AvgIpc) is 3.26. The Labute approximate surface area is 149 Å². The molecule has 0 atom stereocenters. The summed E-state index contributed by atoms with van der Waals surface area (Å²) in [6.07, 6.45) is 7.74. The molecule has 0 bridgehead atoms. The predicted molar refractivity (Wildman–Crippen MR) is 99.7 cm³/mol. The molecule has 7 heteroatoms. The molecule has 25 heavy (non-hydrogen) atoms. The van der Waals surface area contributed by atoms with Gasteiger partial charge >= 0.3 is 0 Å². The van der Waals surface area contributed by atoms with Crippen LogP contribution in [0, 0.1) is 6.92 Å². The first-order valence-corrected chi connectivity index (χ1v) is 9.20. The van der Waals surface area contributed by atoms with Crippen LogP contribution in [0.4, 0.5) is 5.82 Å². The second kappa shape index (κ2) is 6.85. The Bertz CT molecular complexity index is 917. The maximum absolute atomic E-state index is 12.2. The van der Waals surface area contributed by atoms with E-state index in [4.69, 9.17) is 0 Å². The van der Waals surface area contributed by atoms with E-state index in [1.165, 1.54) is 12.8 Å². The molecule has 0 saturated carbocycles. The molecular weight excluding hydrogens is 334 g/mol. The zero-order valence-electron chi connectivity index (χ0n) is 14.0. The van der Waals surface area contributed by atoms with Crippen LogP contribution in [0.1, 0.15) is 17.8 Å². The number of hydrogen-bond acceptors (Lipinski definition) is 6. The van der Waals surface area contributed by atoms with Crippen molar-refractivity contribution in [2.75, 3.05) is 25.0 Å². The molecule has 0 unspecified atom stereocenters. The molecular formula is C18H19N5OS. The van der Waals surface area contributed by atoms with Crippen LogP contribution in [0.3, 0.4) is 0 Å². The number of aromatic nitrogens is 3. The number of nitrogens with one attached hydrogen (secondary N) is 1. The van der Waals surface area contributed by atoms with Gasteiger partial charge in [0.05, 0.1) is 28.1 Å². The van der Waals surface area contributed by atoms with E-state index in [0.717, 1.165) is 39.4 Å². The van der Waals surface area contributed by atoms with Crippen molar-refractivity contribution in [1.29, 1.82) is 0 Å². The Morgan fingerprint density at radius 3 is 2.76 bits per heavy atom. The molecule has 1 aliphatic heterocycles. The highest BCUT2D eigenvalue weighted by Crippen LogP contribution is 2.28. The minimum Gasteiger partial charge on any atom is -0.310 e. The molecule has 3 aromatic rings. The first kappa shape index (κ1) is 16.1. The van der Waals surface area contributed by atoms with Crippen LogP contribution < -0.4 is 5.32 Å². The molecule has 6 nitrogen and oxygen atoms in total. The summed E-state index contributed by atoms with van der Waals surface area (Å²) in [7, 11) is 0. The predicted octanol–water partition coefficient (Wildman–Crippen LogP) is 3.10. The Morgan fingerprint density at radius 2 is 2.00 bits per heavy atom. The Kier molecular flexibility index (Phi) is 4.42. The van der Waals surface area contributed by atoms with E-state index < -0.39 is 0 Å². The molecule has 0 radical (unpaired) electrons. The summed E-state index contributed by atoms with van der Waals surface area (Å²) in [4.78, 5) is 28.5. The lowest BCUT2D eigenvalue weighted by molar-refractivity contribution is -0.117. The first-order valence-electron chi connectivity index (χ1n) is 8.38. The van der Waals surface area contributed by atoms with Gasteiger partial charge in [0.1, 0.15) is 5.82 Å². The van der Waals surface area contributed by atoms with Gasteiger partial charge in [-0.05, 0) is 45.0 Å². The van der Waals surface area contributed by atoms with Crippen LogP contribution in [0.25, 0.3) is 21.3 Å². The third-order valence-electron chi connectivity index (χ3n) is 4.31. The number of carbonyl (C=O) groups is 1. The summed E-state index contributed by atoms with van der Waals surface area (Å²) in [5, 5.41) is 4.88. The number of hydrogen-bond donors (Lipinski definition) is 1. The summed E-state index contributed by atoms with van der Waals surface area (Å²) in [5.41, 5.74) is 1.83. The van der Waals surface area contributed by atoms with Crippen molar-refractivity contribution in [3.8, 4) is 10.4 Å². The number of fused-ring (bicyclic) bond motifs is 1. The van der Waals surface area contributed by atoms with Crippen molar-refractivity contribution in [2.45, 2.75) is 19.8 Å². The number of likely N-dealkylation sites (tertiary alicyclic amines) is 1. The minimum atomic E-state index is -0.0176. The summed E-state index contributed by atoms with van der Waals surface area (Å²) in [5.74, 6) is 0.548. The third-order valence-corrected chi connectivity index (χ3v) is 5.27. The minimum absolute atomic E-state index is 0.0176. The van der Waals surface area contributed by atoms with Crippen LogP contribution in [0.2, 0.25) is 0 Å². The first-order chi connectivity index (χ1) is 12.2. The molecule has 4 heterocycles. The quantitative estimate of drug-likeness (QED) is 0.780. The highest BCUT2D eigenvalue weighted by molar-refractivity contribution is 7.15. The molecule has 1 aliphatic rings. The SMILES string of the molecule is Cc1ncc(-c2cnc3cnc(NC(=O)CN4CCCC4)cc3c2)s1. The Morgan fingerprint density at radius 1 is 1.16 bits per heavy atom. The lowest BCUT2D eigenvalue weighted by atomic mass is 10.2. The number of anilines is 1. The molecule has 1 N–H and O–H groups in total. The summed E-state index contributed by atoms with van der Waals surface area (Å²) in [6.45, 7) is 4.42. The lowest BCUT2D eigenvalue weighted by Crippen LogP contribution is -2.31. The van der Waals surface area contributed by atoms with Crippen LogP contribution in [0.5, 0.6) is 0 Å². The second-order valence-corrected chi connectivity index (χ2v) is 7.50. The maximum atomic E-state index is 12.2. The molecule has 4 rings (SSSR count). The van der Waals surface area contributed by atoms with Gasteiger partial charge in [-0.1, -0.05) is 0 Å². The fourth-order valence-corrected chi connectivity index (χ4v) is 3.81. The van der Waals surface area contributed by atoms with Gasteiger partial charge in [-0.15, -0.1) is 11.3 Å². The normalized spacial score (nSPS) is 14.9. The Balaban J connectivity index is 1.54. The van der Waals surface area contributed by atoms with Gasteiger partial charge in [0, 0.05) is 23.3 Å². The van der Waals surface area contributed by atoms with Crippen molar-refractivity contribution in [2.24, 2.45) is 0 Å². The molecule has 0 spiro atoms. The van der Waals surface area contributed by atoms with Crippen LogP contribution >= 0.6 is 11.3 Å². The van der Waals surface area contributed by atoms with E-state index in [9.17, 15) is 4.79 Å². The number of nitrogens with zero attached hydrogens (tertiary/aromatic N) is 4. The highest BCUT2D eigenvalue weighted by atomic mass is 32.1. The number of rotatable bonds is 4. The molecule has 0 aliphatic carbocycles. The number of aryl methyl sites for hydroxylation is 1. The molecule has 1 saturated heterocycles. The fraction of sp³-hybridized carbons (Fsp3) is 0.333. The van der Waals surface area contributed by atoms with Gasteiger partial charge < -0.3 is 5.32 Å². The number of pyridine rings is 2. The standard InChI is InChI=1S/C18H19N5OS/c1-12-19-10-16(25-12)14-6-13-7-17(21-9-15(13)20-8-14)22-18(24)11-23-4-2-3-5-23/h6-10H,2-5,11H2,1H3,(H,21,22,24). The summed E-state index contributed by atoms with van der Waals surface area (Å²) >= 11 is 1.64. The van der Waals surface area contributed by atoms with E-state index in [2.05, 4.69) is 31.2 Å². The maximum Gasteiger partial charge on any atom is 0.239 e. The van der Waals surface area contributed by atoms with Crippen molar-refractivity contribution in [3.63, 3.8) is 0 Å². The van der Waals surface area contributed by atoms with Crippen LogP contribution in [-0.2, 0) is 4.79 Å². The van der Waals surface area contributed by atoms with Crippen LogP contribution in [0.15, 0.2) is 30.7 Å². The third kappa shape index (κ3) is 3.67. The van der Waals surface area contributed by atoms with Crippen molar-refractivity contribution in [3.05, 3.63) is 35.7 Å². The fourth-order valence-electron chi connectivity index (χ4n) is 3.06. The number of amides is 1. The Hall–Kier alpha value is -2.38. The smallest absolute Gasteiger partial charge is 0.239 e. The van der Waals surface area contributed by atoms with Gasteiger partial charge in [-0.25, -0.2) is 9.97 Å². The van der Waals surface area contributed by atoms with Crippen molar-refractivity contribution < 1.29 is 4.79 Å². The zero-order chi connectivity index (χ0) is 17.2. The lowest BCUT2D eigenvalue weighted by Gasteiger charge is -2.13. The van der Waals surface area contributed by atoms with Crippen molar-refractivity contribution >= 4 is 34.0 Å². The molecule has 1 amide bonds. The average molecular weight is 353 g/mol. The second-order valence-electron chi connectivity index (χ2n) is 6.26. The topological polar surface area (TPSA) is 71.0 Å². The van der Waals surface area contributed by atoms with E-state index in [-0.39, 0.29) is 5.91 Å². The van der Waals surface area contributed by atoms with Gasteiger partial charge in [-0.3, -0.25) is 14.7 Å². The zero-order valence-corrected chi connectivity index (χ0v) is 14.8. The largest absolute Gasteiger partial charge is 0.310 e. The van der Waals surface area contributed by atoms with Gasteiger partial charge in [0.2, 0.25) is 5.91 Å². The van der Waals surface area contributed by atoms with E-state index >= 15 is 0 Å². The number of carbonyl (C=O) groups excluding carboxylic acids is 1. The van der Waals surface area contributed by atoms with Gasteiger partial charge in [0.15, 0.2) is 0 Å². The van der Waals surface area contributed by atoms with Gasteiger partial charge in [0.25, 0.3) is 0 Å². The molecule has 3 aromatic heterocycles. The number of thiazole rings is 1. The molecule has 128 valence electrons. The molecule has 0 aromatic carbocycles. The van der Waals surface area contributed by atoms with Gasteiger partial charge in [-0.2, -0.15) is 0 Å².